The minimum absolute atomic E-state index is 0.0612. The number of methoxy groups -OCH3 is 1. The SMILES string of the molecule is COCC(C)NC1(c2ccc(F)cc2)CC1. The normalized spacial score (nSPS) is 19.4. The molecule has 1 N–H and O–H groups in total. The number of rotatable bonds is 5. The van der Waals surface area contributed by atoms with E-state index in [0.717, 1.165) is 12.8 Å². The van der Waals surface area contributed by atoms with E-state index in [1.54, 1.807) is 7.11 Å². The van der Waals surface area contributed by atoms with Crippen molar-refractivity contribution < 1.29 is 9.13 Å². The quantitative estimate of drug-likeness (QED) is 0.827. The van der Waals surface area contributed by atoms with Crippen molar-refractivity contribution in [2.24, 2.45) is 0 Å². The van der Waals surface area contributed by atoms with E-state index >= 15 is 0 Å². The summed E-state index contributed by atoms with van der Waals surface area (Å²) >= 11 is 0. The maximum absolute atomic E-state index is 12.8. The molecule has 1 aromatic rings. The highest BCUT2D eigenvalue weighted by atomic mass is 19.1. The van der Waals surface area contributed by atoms with Gasteiger partial charge in [0.15, 0.2) is 0 Å². The van der Waals surface area contributed by atoms with Crippen LogP contribution in [0.25, 0.3) is 0 Å². The lowest BCUT2D eigenvalue weighted by molar-refractivity contribution is 0.164. The van der Waals surface area contributed by atoms with Gasteiger partial charge >= 0.3 is 0 Å². The minimum atomic E-state index is -0.176. The molecule has 16 heavy (non-hydrogen) atoms. The maximum Gasteiger partial charge on any atom is 0.123 e. The first kappa shape index (κ1) is 11.6. The van der Waals surface area contributed by atoms with Crippen LogP contribution in [0.15, 0.2) is 24.3 Å². The van der Waals surface area contributed by atoms with Crippen LogP contribution in [0.2, 0.25) is 0 Å². The van der Waals surface area contributed by atoms with Gasteiger partial charge in [-0.3, -0.25) is 0 Å². The molecule has 1 atom stereocenters. The Morgan fingerprint density at radius 3 is 2.50 bits per heavy atom. The van der Waals surface area contributed by atoms with Gasteiger partial charge in [-0.1, -0.05) is 12.1 Å². The summed E-state index contributed by atoms with van der Waals surface area (Å²) in [5.41, 5.74) is 1.24. The lowest BCUT2D eigenvalue weighted by Gasteiger charge is -2.22. The van der Waals surface area contributed by atoms with Crippen LogP contribution >= 0.6 is 0 Å². The molecule has 1 fully saturated rings. The third-order valence-electron chi connectivity index (χ3n) is 3.09. The maximum atomic E-state index is 12.8. The Bertz CT molecular complexity index is 345. The first-order valence-electron chi connectivity index (χ1n) is 5.69. The topological polar surface area (TPSA) is 21.3 Å². The second-order valence-electron chi connectivity index (χ2n) is 4.59. The van der Waals surface area contributed by atoms with E-state index in [-0.39, 0.29) is 11.4 Å². The molecule has 1 unspecified atom stereocenters. The summed E-state index contributed by atoms with van der Waals surface area (Å²) in [5, 5.41) is 3.56. The Kier molecular flexibility index (Phi) is 3.26. The van der Waals surface area contributed by atoms with Gasteiger partial charge in [-0.05, 0) is 37.5 Å². The summed E-state index contributed by atoms with van der Waals surface area (Å²) in [4.78, 5) is 0. The largest absolute Gasteiger partial charge is 0.383 e. The summed E-state index contributed by atoms with van der Waals surface area (Å²) in [7, 11) is 1.70. The Morgan fingerprint density at radius 1 is 1.38 bits per heavy atom. The number of halogens is 1. The third-order valence-corrected chi connectivity index (χ3v) is 3.09. The van der Waals surface area contributed by atoms with Crippen LogP contribution in [0.3, 0.4) is 0 Å². The molecule has 1 aromatic carbocycles. The molecule has 1 aliphatic rings. The van der Waals surface area contributed by atoms with Crippen molar-refractivity contribution in [2.75, 3.05) is 13.7 Å². The summed E-state index contributed by atoms with van der Waals surface area (Å²) in [6.07, 6.45) is 2.24. The zero-order valence-corrected chi connectivity index (χ0v) is 9.79. The zero-order valence-electron chi connectivity index (χ0n) is 9.79. The van der Waals surface area contributed by atoms with Gasteiger partial charge in [0.05, 0.1) is 6.61 Å². The third kappa shape index (κ3) is 2.42. The smallest absolute Gasteiger partial charge is 0.123 e. The molecule has 0 bridgehead atoms. The molecule has 0 amide bonds. The lowest BCUT2D eigenvalue weighted by Crippen LogP contribution is -2.39. The van der Waals surface area contributed by atoms with Crippen molar-refractivity contribution in [3.05, 3.63) is 35.6 Å². The Labute approximate surface area is 95.8 Å². The van der Waals surface area contributed by atoms with Gasteiger partial charge in [-0.25, -0.2) is 4.39 Å². The number of benzene rings is 1. The summed E-state index contributed by atoms with van der Waals surface area (Å²) in [6, 6.07) is 7.11. The molecule has 0 spiro atoms. The predicted molar refractivity (Wildman–Crippen MR) is 61.8 cm³/mol. The van der Waals surface area contributed by atoms with Crippen LogP contribution in [-0.4, -0.2) is 19.8 Å². The molecule has 2 nitrogen and oxygen atoms in total. The van der Waals surface area contributed by atoms with E-state index in [1.165, 1.54) is 17.7 Å². The van der Waals surface area contributed by atoms with Gasteiger partial charge in [0.2, 0.25) is 0 Å². The van der Waals surface area contributed by atoms with Gasteiger partial charge in [-0.15, -0.1) is 0 Å². The van der Waals surface area contributed by atoms with E-state index in [2.05, 4.69) is 12.2 Å². The number of nitrogens with one attached hydrogen (secondary N) is 1. The molecule has 1 aliphatic carbocycles. The van der Waals surface area contributed by atoms with Gasteiger partial charge in [0.1, 0.15) is 5.82 Å². The highest BCUT2D eigenvalue weighted by Crippen LogP contribution is 2.45. The van der Waals surface area contributed by atoms with Crippen molar-refractivity contribution in [3.8, 4) is 0 Å². The van der Waals surface area contributed by atoms with E-state index in [4.69, 9.17) is 4.74 Å². The first-order chi connectivity index (χ1) is 7.66. The van der Waals surface area contributed by atoms with Gasteiger partial charge in [0, 0.05) is 18.7 Å². The molecule has 3 heteroatoms. The molecule has 88 valence electrons. The fourth-order valence-corrected chi connectivity index (χ4v) is 2.17. The monoisotopic (exact) mass is 223 g/mol. The van der Waals surface area contributed by atoms with Gasteiger partial charge in [0.25, 0.3) is 0 Å². The summed E-state index contributed by atoms with van der Waals surface area (Å²) < 4.78 is 17.9. The lowest BCUT2D eigenvalue weighted by atomic mass is 10.0. The second kappa shape index (κ2) is 4.52. The number of ether oxygens (including phenoxy) is 1. The number of hydrogen-bond acceptors (Lipinski definition) is 2. The van der Waals surface area contributed by atoms with E-state index in [1.807, 2.05) is 12.1 Å². The highest BCUT2D eigenvalue weighted by molar-refractivity contribution is 5.30. The fraction of sp³-hybridized carbons (Fsp3) is 0.538. The molecule has 0 aliphatic heterocycles. The Balaban J connectivity index is 2.05. The molecular weight excluding hydrogens is 205 g/mol. The molecule has 0 radical (unpaired) electrons. The van der Waals surface area contributed by atoms with Crippen molar-refractivity contribution in [2.45, 2.75) is 31.3 Å². The molecular formula is C13H18FNO. The predicted octanol–water partition coefficient (Wildman–Crippen LogP) is 2.44. The van der Waals surface area contributed by atoms with Crippen LogP contribution in [0.4, 0.5) is 4.39 Å². The summed E-state index contributed by atoms with van der Waals surface area (Å²) in [6.45, 7) is 2.80. The van der Waals surface area contributed by atoms with Crippen molar-refractivity contribution in [3.63, 3.8) is 0 Å². The molecule has 2 rings (SSSR count). The van der Waals surface area contributed by atoms with E-state index in [9.17, 15) is 4.39 Å². The molecule has 0 heterocycles. The van der Waals surface area contributed by atoms with Crippen LogP contribution in [0.1, 0.15) is 25.3 Å². The average molecular weight is 223 g/mol. The van der Waals surface area contributed by atoms with Crippen LogP contribution in [0, 0.1) is 5.82 Å². The van der Waals surface area contributed by atoms with Crippen LogP contribution < -0.4 is 5.32 Å². The second-order valence-corrected chi connectivity index (χ2v) is 4.59. The standard InChI is InChI=1S/C13H18FNO/c1-10(9-16-2)15-13(7-8-13)11-3-5-12(14)6-4-11/h3-6,10,15H,7-9H2,1-2H3. The highest BCUT2D eigenvalue weighted by Gasteiger charge is 2.44. The fourth-order valence-electron chi connectivity index (χ4n) is 2.17. The van der Waals surface area contributed by atoms with Crippen molar-refractivity contribution >= 4 is 0 Å². The average Bonchev–Trinajstić information content (AvgIpc) is 3.00. The van der Waals surface area contributed by atoms with E-state index < -0.39 is 0 Å². The Morgan fingerprint density at radius 2 is 2.00 bits per heavy atom. The van der Waals surface area contributed by atoms with Crippen LogP contribution in [0.5, 0.6) is 0 Å². The van der Waals surface area contributed by atoms with E-state index in [0.29, 0.717) is 12.6 Å². The van der Waals surface area contributed by atoms with Crippen molar-refractivity contribution in [1.82, 2.24) is 5.32 Å². The van der Waals surface area contributed by atoms with Gasteiger partial charge < -0.3 is 10.1 Å². The minimum Gasteiger partial charge on any atom is -0.383 e. The molecule has 1 saturated carbocycles. The van der Waals surface area contributed by atoms with Crippen LogP contribution in [-0.2, 0) is 10.3 Å². The summed E-state index contributed by atoms with van der Waals surface area (Å²) in [5.74, 6) is -0.176. The molecule has 0 aromatic heterocycles. The zero-order chi connectivity index (χ0) is 11.6. The van der Waals surface area contributed by atoms with Crippen molar-refractivity contribution in [1.29, 1.82) is 0 Å². The van der Waals surface area contributed by atoms with Gasteiger partial charge in [-0.2, -0.15) is 0 Å². The molecule has 0 saturated heterocycles. The number of hydrogen-bond donors (Lipinski definition) is 1. The Hall–Kier alpha value is -0.930. The first-order valence-corrected chi connectivity index (χ1v) is 5.69.